The predicted octanol–water partition coefficient (Wildman–Crippen LogP) is 3.63. The first kappa shape index (κ1) is 14.6. The summed E-state index contributed by atoms with van der Waals surface area (Å²) in [7, 11) is 0. The molecule has 2 nitrogen and oxygen atoms in total. The second-order valence-corrected chi connectivity index (χ2v) is 5.11. The summed E-state index contributed by atoms with van der Waals surface area (Å²) in [6.45, 7) is 1.53. The zero-order valence-corrected chi connectivity index (χ0v) is 11.5. The summed E-state index contributed by atoms with van der Waals surface area (Å²) >= 11 is 5.66. The lowest BCUT2D eigenvalue weighted by Crippen LogP contribution is -2.33. The van der Waals surface area contributed by atoms with Crippen molar-refractivity contribution in [2.75, 3.05) is 0 Å². The van der Waals surface area contributed by atoms with Gasteiger partial charge in [-0.05, 0) is 42.6 Å². The Morgan fingerprint density at radius 1 is 1.35 bits per heavy atom. The highest BCUT2D eigenvalue weighted by molar-refractivity contribution is 6.65. The summed E-state index contributed by atoms with van der Waals surface area (Å²) in [5.41, 5.74) is -0.460. The van der Waals surface area contributed by atoms with Gasteiger partial charge in [0.15, 0.2) is 0 Å². The smallest absolute Gasteiger partial charge is 0.232 e. The molecule has 1 atom stereocenters. The van der Waals surface area contributed by atoms with Crippen LogP contribution in [0.1, 0.15) is 18.1 Å². The van der Waals surface area contributed by atoms with Crippen LogP contribution in [-0.2, 0) is 16.6 Å². The van der Waals surface area contributed by atoms with Gasteiger partial charge in [0, 0.05) is 24.0 Å². The van der Waals surface area contributed by atoms with Gasteiger partial charge in [0.05, 0.1) is 5.41 Å². The number of hydrogen-bond acceptors (Lipinski definition) is 2. The van der Waals surface area contributed by atoms with Crippen LogP contribution in [0, 0.1) is 11.6 Å². The van der Waals surface area contributed by atoms with Crippen LogP contribution in [0.25, 0.3) is 0 Å². The molecule has 0 fully saturated rings. The number of aromatic nitrogens is 1. The molecule has 0 aliphatic rings. The quantitative estimate of drug-likeness (QED) is 0.806. The number of carbonyl (C=O) groups is 1. The molecule has 2 aromatic rings. The summed E-state index contributed by atoms with van der Waals surface area (Å²) in [6, 6.07) is 6.60. The molecule has 0 amide bonds. The fourth-order valence-electron chi connectivity index (χ4n) is 2.12. The summed E-state index contributed by atoms with van der Waals surface area (Å²) in [5.74, 6) is -1.48. The van der Waals surface area contributed by atoms with Crippen LogP contribution in [0.15, 0.2) is 42.7 Å². The number of hydrogen-bond donors (Lipinski definition) is 0. The molecule has 2 rings (SSSR count). The molecule has 1 aromatic carbocycles. The van der Waals surface area contributed by atoms with Gasteiger partial charge in [0.25, 0.3) is 0 Å². The van der Waals surface area contributed by atoms with Crippen LogP contribution in [0.4, 0.5) is 8.78 Å². The SMILES string of the molecule is CC(Cc1cccnc1)(C(=O)Cl)c1ccc(F)cc1F. The first-order valence-electron chi connectivity index (χ1n) is 5.98. The molecule has 1 heterocycles. The van der Waals surface area contributed by atoms with Crippen LogP contribution in [-0.4, -0.2) is 10.2 Å². The maximum Gasteiger partial charge on any atom is 0.232 e. The third-order valence-electron chi connectivity index (χ3n) is 3.24. The number of pyridine rings is 1. The zero-order valence-electron chi connectivity index (χ0n) is 10.7. The summed E-state index contributed by atoms with van der Waals surface area (Å²) in [6.07, 6.45) is 3.37. The van der Waals surface area contributed by atoms with Crippen molar-refractivity contribution < 1.29 is 13.6 Å². The predicted molar refractivity (Wildman–Crippen MR) is 72.5 cm³/mol. The minimum absolute atomic E-state index is 0.0720. The van der Waals surface area contributed by atoms with Gasteiger partial charge in [-0.3, -0.25) is 9.78 Å². The third-order valence-corrected chi connectivity index (χ3v) is 3.66. The molecule has 0 aliphatic heterocycles. The van der Waals surface area contributed by atoms with Crippen LogP contribution < -0.4 is 0 Å². The highest BCUT2D eigenvalue weighted by Gasteiger charge is 2.36. The lowest BCUT2D eigenvalue weighted by atomic mass is 9.78. The molecule has 0 N–H and O–H groups in total. The number of nitrogens with zero attached hydrogens (tertiary/aromatic N) is 1. The van der Waals surface area contributed by atoms with E-state index in [1.165, 1.54) is 13.0 Å². The van der Waals surface area contributed by atoms with Crippen LogP contribution >= 0.6 is 11.6 Å². The number of rotatable bonds is 4. The standard InChI is InChI=1S/C15H12ClF2NO/c1-15(14(16)20,8-10-3-2-6-19-9-10)12-5-4-11(17)7-13(12)18/h2-7,9H,8H2,1H3. The van der Waals surface area contributed by atoms with E-state index in [4.69, 9.17) is 11.6 Å². The Morgan fingerprint density at radius 3 is 2.65 bits per heavy atom. The first-order valence-corrected chi connectivity index (χ1v) is 6.35. The molecule has 104 valence electrons. The van der Waals surface area contributed by atoms with Gasteiger partial charge in [0.2, 0.25) is 5.24 Å². The second-order valence-electron chi connectivity index (χ2n) is 4.77. The maximum absolute atomic E-state index is 13.9. The molecule has 1 unspecified atom stereocenters. The highest BCUT2D eigenvalue weighted by atomic mass is 35.5. The van der Waals surface area contributed by atoms with Crippen molar-refractivity contribution in [1.82, 2.24) is 4.98 Å². The van der Waals surface area contributed by atoms with Gasteiger partial charge in [0.1, 0.15) is 11.6 Å². The molecular formula is C15H12ClF2NO. The van der Waals surface area contributed by atoms with Crippen molar-refractivity contribution in [3.05, 3.63) is 65.5 Å². The van der Waals surface area contributed by atoms with Crippen LogP contribution in [0.5, 0.6) is 0 Å². The van der Waals surface area contributed by atoms with E-state index in [1.54, 1.807) is 24.5 Å². The van der Waals surface area contributed by atoms with Crippen LogP contribution in [0.2, 0.25) is 0 Å². The monoisotopic (exact) mass is 295 g/mol. The van der Waals surface area contributed by atoms with E-state index in [2.05, 4.69) is 4.98 Å². The summed E-state index contributed by atoms with van der Waals surface area (Å²) < 4.78 is 26.9. The maximum atomic E-state index is 13.9. The Bertz CT molecular complexity index is 633. The minimum Gasteiger partial charge on any atom is -0.280 e. The van der Waals surface area contributed by atoms with Crippen LogP contribution in [0.3, 0.4) is 0 Å². The Balaban J connectivity index is 2.47. The fraction of sp³-hybridized carbons (Fsp3) is 0.200. The number of halogens is 3. The molecule has 0 radical (unpaired) electrons. The second kappa shape index (κ2) is 5.67. The van der Waals surface area contributed by atoms with Gasteiger partial charge < -0.3 is 0 Å². The minimum atomic E-state index is -1.28. The van der Waals surface area contributed by atoms with E-state index in [0.29, 0.717) is 0 Å². The molecule has 20 heavy (non-hydrogen) atoms. The number of carbonyl (C=O) groups excluding carboxylic acids is 1. The molecule has 1 aromatic heterocycles. The third kappa shape index (κ3) is 2.85. The van der Waals surface area contributed by atoms with E-state index in [9.17, 15) is 13.6 Å². The first-order chi connectivity index (χ1) is 9.43. The van der Waals surface area contributed by atoms with E-state index < -0.39 is 22.3 Å². The topological polar surface area (TPSA) is 30.0 Å². The lowest BCUT2D eigenvalue weighted by Gasteiger charge is -2.26. The largest absolute Gasteiger partial charge is 0.280 e. The normalized spacial score (nSPS) is 13.8. The Labute approximate surface area is 120 Å². The molecular weight excluding hydrogens is 284 g/mol. The highest BCUT2D eigenvalue weighted by Crippen LogP contribution is 2.32. The molecule has 5 heteroatoms. The van der Waals surface area contributed by atoms with E-state index in [-0.39, 0.29) is 12.0 Å². The van der Waals surface area contributed by atoms with Gasteiger partial charge in [-0.1, -0.05) is 12.1 Å². The van der Waals surface area contributed by atoms with Crippen molar-refractivity contribution in [2.45, 2.75) is 18.8 Å². The zero-order chi connectivity index (χ0) is 14.8. The average Bonchev–Trinajstić information content (AvgIpc) is 2.39. The fourth-order valence-corrected chi connectivity index (χ4v) is 2.29. The Morgan fingerprint density at radius 2 is 2.10 bits per heavy atom. The van der Waals surface area contributed by atoms with E-state index in [1.807, 2.05) is 0 Å². The van der Waals surface area contributed by atoms with Crippen molar-refractivity contribution in [2.24, 2.45) is 0 Å². The van der Waals surface area contributed by atoms with Gasteiger partial charge in [-0.15, -0.1) is 0 Å². The van der Waals surface area contributed by atoms with Crippen molar-refractivity contribution in [3.8, 4) is 0 Å². The van der Waals surface area contributed by atoms with Crippen molar-refractivity contribution in [3.63, 3.8) is 0 Å². The Kier molecular flexibility index (Phi) is 4.14. The lowest BCUT2D eigenvalue weighted by molar-refractivity contribution is -0.116. The van der Waals surface area contributed by atoms with Gasteiger partial charge >= 0.3 is 0 Å². The molecule has 0 bridgehead atoms. The Hall–Kier alpha value is -1.81. The molecule has 0 saturated carbocycles. The van der Waals surface area contributed by atoms with Crippen molar-refractivity contribution in [1.29, 1.82) is 0 Å². The molecule has 0 aliphatic carbocycles. The van der Waals surface area contributed by atoms with Gasteiger partial charge in [-0.25, -0.2) is 8.78 Å². The summed E-state index contributed by atoms with van der Waals surface area (Å²) in [5, 5.41) is -0.702. The number of benzene rings is 1. The van der Waals surface area contributed by atoms with Crippen molar-refractivity contribution >= 4 is 16.8 Å². The van der Waals surface area contributed by atoms with E-state index in [0.717, 1.165) is 17.7 Å². The average molecular weight is 296 g/mol. The molecule has 0 spiro atoms. The molecule has 0 saturated heterocycles. The summed E-state index contributed by atoms with van der Waals surface area (Å²) in [4.78, 5) is 15.7. The van der Waals surface area contributed by atoms with E-state index >= 15 is 0 Å². The van der Waals surface area contributed by atoms with Gasteiger partial charge in [-0.2, -0.15) is 0 Å².